The zero-order valence-electron chi connectivity index (χ0n) is 15.0. The Morgan fingerprint density at radius 3 is 2.64 bits per heavy atom. The predicted octanol–water partition coefficient (Wildman–Crippen LogP) is 3.45. The van der Waals surface area contributed by atoms with Crippen LogP contribution in [0.1, 0.15) is 16.2 Å². The summed E-state index contributed by atoms with van der Waals surface area (Å²) < 4.78 is 6.84. The maximum absolute atomic E-state index is 12.7. The molecule has 138 valence electrons. The lowest BCUT2D eigenvalue weighted by atomic mass is 10.1. The van der Waals surface area contributed by atoms with E-state index in [-0.39, 0.29) is 5.69 Å². The molecule has 2 aromatic carbocycles. The molecule has 4 rings (SSSR count). The third-order valence-electron chi connectivity index (χ3n) is 4.16. The zero-order chi connectivity index (χ0) is 19.5. The second-order valence-corrected chi connectivity index (χ2v) is 6.15. The zero-order valence-corrected chi connectivity index (χ0v) is 15.0. The summed E-state index contributed by atoms with van der Waals surface area (Å²) in [6.07, 6.45) is 2.92. The summed E-state index contributed by atoms with van der Waals surface area (Å²) in [5, 5.41) is 7.00. The first-order valence-electron chi connectivity index (χ1n) is 8.58. The second-order valence-electron chi connectivity index (χ2n) is 6.15. The fourth-order valence-electron chi connectivity index (χ4n) is 2.83. The van der Waals surface area contributed by atoms with E-state index < -0.39 is 11.3 Å². The molecule has 0 radical (unpaired) electrons. The third-order valence-corrected chi connectivity index (χ3v) is 4.16. The van der Waals surface area contributed by atoms with E-state index in [9.17, 15) is 9.59 Å². The molecule has 4 aromatic rings. The highest BCUT2D eigenvalue weighted by molar-refractivity contribution is 6.03. The van der Waals surface area contributed by atoms with Gasteiger partial charge in [-0.3, -0.25) is 9.59 Å². The van der Waals surface area contributed by atoms with Gasteiger partial charge in [0.1, 0.15) is 0 Å². The average molecular weight is 372 g/mol. The van der Waals surface area contributed by atoms with Crippen molar-refractivity contribution in [1.29, 1.82) is 0 Å². The van der Waals surface area contributed by atoms with Gasteiger partial charge in [0, 0.05) is 23.0 Å². The van der Waals surface area contributed by atoms with Gasteiger partial charge < -0.3 is 9.73 Å². The van der Waals surface area contributed by atoms with Crippen molar-refractivity contribution in [1.82, 2.24) is 14.8 Å². The fourth-order valence-corrected chi connectivity index (χ4v) is 2.83. The molecule has 2 heterocycles. The molecule has 0 unspecified atom stereocenters. The first-order valence-corrected chi connectivity index (χ1v) is 8.58. The summed E-state index contributed by atoms with van der Waals surface area (Å²) in [4.78, 5) is 28.9. The molecule has 0 saturated carbocycles. The van der Waals surface area contributed by atoms with Crippen molar-refractivity contribution < 1.29 is 9.21 Å². The third kappa shape index (κ3) is 3.45. The molecule has 0 bridgehead atoms. The van der Waals surface area contributed by atoms with E-state index >= 15 is 0 Å². The minimum Gasteiger partial charge on any atom is -0.444 e. The van der Waals surface area contributed by atoms with E-state index in [0.717, 1.165) is 11.3 Å². The molecule has 1 amide bonds. The normalized spacial score (nSPS) is 10.6. The van der Waals surface area contributed by atoms with Crippen molar-refractivity contribution in [2.24, 2.45) is 0 Å². The standard InChI is InChI=1S/C21H16N4O3/c1-14-10-18(26)20(24-25(14)17-8-3-2-4-9-17)21(27)23-16-7-5-6-15(11-16)19-12-22-13-28-19/h2-13H,1H3,(H,23,27). The summed E-state index contributed by atoms with van der Waals surface area (Å²) in [7, 11) is 0. The molecule has 1 N–H and O–H groups in total. The number of anilines is 1. The van der Waals surface area contributed by atoms with Crippen LogP contribution >= 0.6 is 0 Å². The molecular formula is C21H16N4O3. The number of para-hydroxylation sites is 1. The topological polar surface area (TPSA) is 90.0 Å². The molecule has 0 saturated heterocycles. The van der Waals surface area contributed by atoms with Gasteiger partial charge >= 0.3 is 0 Å². The van der Waals surface area contributed by atoms with E-state index in [2.05, 4.69) is 15.4 Å². The lowest BCUT2D eigenvalue weighted by molar-refractivity contribution is 0.101. The maximum Gasteiger partial charge on any atom is 0.280 e. The van der Waals surface area contributed by atoms with Crippen LogP contribution in [0.4, 0.5) is 5.69 Å². The Morgan fingerprint density at radius 2 is 1.89 bits per heavy atom. The van der Waals surface area contributed by atoms with Gasteiger partial charge in [-0.25, -0.2) is 9.67 Å². The van der Waals surface area contributed by atoms with Crippen LogP contribution in [-0.2, 0) is 0 Å². The number of nitrogens with zero attached hydrogens (tertiary/aromatic N) is 3. The highest BCUT2D eigenvalue weighted by Crippen LogP contribution is 2.22. The van der Waals surface area contributed by atoms with Crippen molar-refractivity contribution in [3.8, 4) is 17.0 Å². The van der Waals surface area contributed by atoms with Crippen molar-refractivity contribution >= 4 is 11.6 Å². The van der Waals surface area contributed by atoms with Crippen LogP contribution in [0.5, 0.6) is 0 Å². The lowest BCUT2D eigenvalue weighted by Gasteiger charge is -2.11. The van der Waals surface area contributed by atoms with E-state index in [1.54, 1.807) is 36.0 Å². The molecule has 0 aliphatic heterocycles. The quantitative estimate of drug-likeness (QED) is 0.593. The molecular weight excluding hydrogens is 356 g/mol. The van der Waals surface area contributed by atoms with Crippen molar-refractivity contribution in [2.45, 2.75) is 6.92 Å². The summed E-state index contributed by atoms with van der Waals surface area (Å²) in [5.41, 5.74) is 2.07. The number of hydrogen-bond donors (Lipinski definition) is 1. The summed E-state index contributed by atoms with van der Waals surface area (Å²) >= 11 is 0. The van der Waals surface area contributed by atoms with Gasteiger partial charge in [0.05, 0.1) is 11.9 Å². The van der Waals surface area contributed by atoms with Crippen LogP contribution in [0.25, 0.3) is 17.0 Å². The number of aromatic nitrogens is 3. The van der Waals surface area contributed by atoms with Gasteiger partial charge in [0.2, 0.25) is 5.43 Å². The molecule has 0 atom stereocenters. The molecule has 28 heavy (non-hydrogen) atoms. The van der Waals surface area contributed by atoms with Crippen LogP contribution in [0.2, 0.25) is 0 Å². The number of carbonyl (C=O) groups is 1. The first-order chi connectivity index (χ1) is 13.6. The minimum absolute atomic E-state index is 0.181. The van der Waals surface area contributed by atoms with Crippen LogP contribution in [0, 0.1) is 6.92 Å². The molecule has 0 spiro atoms. The van der Waals surface area contributed by atoms with Gasteiger partial charge in [-0.05, 0) is 31.2 Å². The highest BCUT2D eigenvalue weighted by atomic mass is 16.3. The number of benzene rings is 2. The van der Waals surface area contributed by atoms with Crippen LogP contribution < -0.4 is 10.7 Å². The largest absolute Gasteiger partial charge is 0.444 e. The average Bonchev–Trinajstić information content (AvgIpc) is 3.24. The van der Waals surface area contributed by atoms with Crippen molar-refractivity contribution in [2.75, 3.05) is 5.32 Å². The van der Waals surface area contributed by atoms with Crippen LogP contribution in [0.3, 0.4) is 0 Å². The Bertz CT molecular complexity index is 1180. The van der Waals surface area contributed by atoms with E-state index in [1.807, 2.05) is 36.4 Å². The Kier molecular flexibility index (Phi) is 4.55. The summed E-state index contributed by atoms with van der Waals surface area (Å²) in [6.45, 7) is 1.77. The molecule has 0 fully saturated rings. The number of oxazole rings is 1. The SMILES string of the molecule is Cc1cc(=O)c(C(=O)Nc2cccc(-c3cnco3)c2)nn1-c1ccccc1. The first kappa shape index (κ1) is 17.4. The van der Waals surface area contributed by atoms with E-state index in [1.165, 1.54) is 12.5 Å². The molecule has 7 nitrogen and oxygen atoms in total. The number of aryl methyl sites for hydroxylation is 1. The number of hydrogen-bond acceptors (Lipinski definition) is 5. The monoisotopic (exact) mass is 372 g/mol. The van der Waals surface area contributed by atoms with Gasteiger partial charge in [-0.1, -0.05) is 30.3 Å². The minimum atomic E-state index is -0.579. The molecule has 0 aliphatic rings. The number of carbonyl (C=O) groups excluding carboxylic acids is 1. The van der Waals surface area contributed by atoms with Crippen molar-refractivity contribution in [3.05, 3.63) is 94.9 Å². The van der Waals surface area contributed by atoms with E-state index in [0.29, 0.717) is 17.1 Å². The number of rotatable bonds is 4. The van der Waals surface area contributed by atoms with Crippen molar-refractivity contribution in [3.63, 3.8) is 0 Å². The second kappa shape index (κ2) is 7.32. The van der Waals surface area contributed by atoms with Gasteiger partial charge in [-0.2, -0.15) is 5.10 Å². The van der Waals surface area contributed by atoms with Gasteiger partial charge in [0.25, 0.3) is 5.91 Å². The predicted molar refractivity (Wildman–Crippen MR) is 104 cm³/mol. The number of amides is 1. The Hall–Kier alpha value is -4.00. The maximum atomic E-state index is 12.7. The number of nitrogens with one attached hydrogen (secondary N) is 1. The van der Waals surface area contributed by atoms with Gasteiger partial charge in [-0.15, -0.1) is 0 Å². The van der Waals surface area contributed by atoms with Gasteiger partial charge in [0.15, 0.2) is 17.8 Å². The Morgan fingerprint density at radius 1 is 1.07 bits per heavy atom. The fraction of sp³-hybridized carbons (Fsp3) is 0.0476. The lowest BCUT2D eigenvalue weighted by Crippen LogP contribution is -2.26. The smallest absolute Gasteiger partial charge is 0.280 e. The molecule has 7 heteroatoms. The molecule has 2 aromatic heterocycles. The summed E-state index contributed by atoms with van der Waals surface area (Å²) in [6, 6.07) is 17.8. The Labute approximate surface area is 160 Å². The Balaban J connectivity index is 1.66. The van der Waals surface area contributed by atoms with Crippen LogP contribution in [-0.4, -0.2) is 20.7 Å². The summed E-state index contributed by atoms with van der Waals surface area (Å²) in [5.74, 6) is 0.000365. The highest BCUT2D eigenvalue weighted by Gasteiger charge is 2.16. The van der Waals surface area contributed by atoms with Crippen LogP contribution in [0.15, 0.2) is 82.5 Å². The molecule has 0 aliphatic carbocycles. The van der Waals surface area contributed by atoms with E-state index in [4.69, 9.17) is 4.42 Å².